The van der Waals surface area contributed by atoms with Crippen LogP contribution in [0.5, 0.6) is 0 Å². The Morgan fingerprint density at radius 1 is 0.867 bits per heavy atom. The normalized spacial score (nSPS) is 15.1. The number of hydrogen-bond donors (Lipinski definition) is 0. The summed E-state index contributed by atoms with van der Waals surface area (Å²) in [6.45, 7) is 2.07. The predicted molar refractivity (Wildman–Crippen MR) is 115 cm³/mol. The van der Waals surface area contributed by atoms with Crippen molar-refractivity contribution >= 4 is 11.9 Å². The summed E-state index contributed by atoms with van der Waals surface area (Å²) in [4.78, 5) is 27.2. The summed E-state index contributed by atoms with van der Waals surface area (Å²) >= 11 is 0. The second-order valence-electron chi connectivity index (χ2n) is 7.32. The molecule has 0 aromatic heterocycles. The van der Waals surface area contributed by atoms with E-state index in [1.165, 1.54) is 19.8 Å². The van der Waals surface area contributed by atoms with Gasteiger partial charge in [0.1, 0.15) is 0 Å². The van der Waals surface area contributed by atoms with E-state index in [-0.39, 0.29) is 6.04 Å². The first kappa shape index (κ1) is 21.4. The third-order valence-electron chi connectivity index (χ3n) is 5.38. The van der Waals surface area contributed by atoms with Crippen molar-refractivity contribution in [2.45, 2.75) is 31.7 Å². The van der Waals surface area contributed by atoms with Gasteiger partial charge in [0, 0.05) is 18.4 Å². The van der Waals surface area contributed by atoms with E-state index in [4.69, 9.17) is 9.47 Å². The van der Waals surface area contributed by atoms with E-state index in [9.17, 15) is 9.59 Å². The van der Waals surface area contributed by atoms with Crippen LogP contribution in [-0.2, 0) is 25.5 Å². The highest BCUT2D eigenvalue weighted by molar-refractivity contribution is 5.98. The lowest BCUT2D eigenvalue weighted by Gasteiger charge is -2.33. The Balaban J connectivity index is 1.94. The van der Waals surface area contributed by atoms with Gasteiger partial charge in [0.2, 0.25) is 0 Å². The molecule has 2 aromatic rings. The van der Waals surface area contributed by atoms with Gasteiger partial charge in [-0.2, -0.15) is 0 Å². The van der Waals surface area contributed by atoms with Crippen LogP contribution in [0.3, 0.4) is 0 Å². The van der Waals surface area contributed by atoms with Gasteiger partial charge in [0.15, 0.2) is 0 Å². The van der Waals surface area contributed by atoms with E-state index >= 15 is 0 Å². The number of rotatable bonds is 7. The third kappa shape index (κ3) is 4.79. The largest absolute Gasteiger partial charge is 0.466 e. The monoisotopic (exact) mass is 405 g/mol. The van der Waals surface area contributed by atoms with Gasteiger partial charge in [-0.15, -0.1) is 0 Å². The summed E-state index contributed by atoms with van der Waals surface area (Å²) in [5, 5.41) is 0. The summed E-state index contributed by atoms with van der Waals surface area (Å²) in [6.07, 6.45) is 5.34. The van der Waals surface area contributed by atoms with Crippen LogP contribution in [0, 0.1) is 0 Å². The summed E-state index contributed by atoms with van der Waals surface area (Å²) in [6, 6.07) is 19.8. The molecular formula is C25H27NO4. The fourth-order valence-electron chi connectivity index (χ4n) is 3.68. The van der Waals surface area contributed by atoms with Crippen molar-refractivity contribution in [2.75, 3.05) is 14.2 Å². The van der Waals surface area contributed by atoms with Gasteiger partial charge >= 0.3 is 11.9 Å². The number of esters is 2. The minimum atomic E-state index is -0.538. The summed E-state index contributed by atoms with van der Waals surface area (Å²) in [7, 11) is 2.70. The molecule has 0 N–H and O–H groups in total. The molecule has 0 fully saturated rings. The fraction of sp³-hybridized carbons (Fsp3) is 0.280. The molecule has 3 rings (SSSR count). The quantitative estimate of drug-likeness (QED) is 0.646. The van der Waals surface area contributed by atoms with Crippen LogP contribution >= 0.6 is 0 Å². The van der Waals surface area contributed by atoms with Crippen LogP contribution in [-0.4, -0.2) is 37.1 Å². The van der Waals surface area contributed by atoms with Gasteiger partial charge < -0.3 is 14.4 Å². The number of nitrogens with zero attached hydrogens (tertiary/aromatic N) is 1. The van der Waals surface area contributed by atoms with Crippen molar-refractivity contribution in [1.29, 1.82) is 0 Å². The molecule has 2 aromatic carbocycles. The maximum Gasteiger partial charge on any atom is 0.336 e. The van der Waals surface area contributed by atoms with E-state index in [0.29, 0.717) is 11.1 Å². The number of hydrogen-bond acceptors (Lipinski definition) is 5. The Morgan fingerprint density at radius 3 is 1.87 bits per heavy atom. The molecule has 0 saturated carbocycles. The Labute approximate surface area is 177 Å². The maximum absolute atomic E-state index is 12.7. The minimum absolute atomic E-state index is 0.0706. The van der Waals surface area contributed by atoms with Crippen molar-refractivity contribution in [3.05, 3.63) is 95.3 Å². The van der Waals surface area contributed by atoms with Crippen LogP contribution in [0.25, 0.3) is 0 Å². The number of methoxy groups -OCH3 is 2. The molecule has 1 heterocycles. The van der Waals surface area contributed by atoms with Gasteiger partial charge in [-0.1, -0.05) is 60.7 Å². The lowest BCUT2D eigenvalue weighted by atomic mass is 9.83. The molecule has 0 bridgehead atoms. The Kier molecular flexibility index (Phi) is 7.07. The molecular weight excluding hydrogens is 378 g/mol. The van der Waals surface area contributed by atoms with E-state index in [2.05, 4.69) is 19.1 Å². The predicted octanol–water partition coefficient (Wildman–Crippen LogP) is 4.22. The Morgan fingerprint density at radius 2 is 1.37 bits per heavy atom. The zero-order valence-electron chi connectivity index (χ0n) is 17.6. The molecule has 5 nitrogen and oxygen atoms in total. The summed E-state index contributed by atoms with van der Waals surface area (Å²) in [5.41, 5.74) is 2.91. The molecule has 1 aliphatic rings. The maximum atomic E-state index is 12.7. The first-order valence-corrected chi connectivity index (χ1v) is 10.0. The highest BCUT2D eigenvalue weighted by atomic mass is 16.5. The SMILES string of the molecule is COC(=O)C1=CN([C@@H](C)CCc2ccccc2)C=C(C(=O)OC)C1c1ccccc1. The van der Waals surface area contributed by atoms with E-state index in [1.807, 2.05) is 53.4 Å². The number of carbonyl (C=O) groups is 2. The van der Waals surface area contributed by atoms with Crippen LogP contribution < -0.4 is 0 Å². The zero-order chi connectivity index (χ0) is 21.5. The second kappa shape index (κ2) is 9.92. The topological polar surface area (TPSA) is 55.8 Å². The van der Waals surface area contributed by atoms with Gasteiger partial charge in [0.05, 0.1) is 31.3 Å². The van der Waals surface area contributed by atoms with E-state index < -0.39 is 17.9 Å². The molecule has 0 spiro atoms. The average Bonchev–Trinajstić information content (AvgIpc) is 2.81. The molecule has 0 unspecified atom stereocenters. The molecule has 1 atom stereocenters. The van der Waals surface area contributed by atoms with Crippen molar-refractivity contribution in [2.24, 2.45) is 0 Å². The highest BCUT2D eigenvalue weighted by Gasteiger charge is 2.35. The third-order valence-corrected chi connectivity index (χ3v) is 5.38. The number of ether oxygens (including phenoxy) is 2. The van der Waals surface area contributed by atoms with Crippen molar-refractivity contribution in [1.82, 2.24) is 4.90 Å². The molecule has 30 heavy (non-hydrogen) atoms. The fourth-order valence-corrected chi connectivity index (χ4v) is 3.68. The first-order chi connectivity index (χ1) is 14.5. The molecule has 5 heteroatoms. The lowest BCUT2D eigenvalue weighted by molar-refractivity contribution is -0.137. The van der Waals surface area contributed by atoms with Crippen LogP contribution in [0.1, 0.15) is 30.4 Å². The number of benzene rings is 2. The van der Waals surface area contributed by atoms with Crippen molar-refractivity contribution in [3.8, 4) is 0 Å². The lowest BCUT2D eigenvalue weighted by Crippen LogP contribution is -2.33. The van der Waals surface area contributed by atoms with Crippen LogP contribution in [0.4, 0.5) is 0 Å². The van der Waals surface area contributed by atoms with Crippen molar-refractivity contribution < 1.29 is 19.1 Å². The summed E-state index contributed by atoms with van der Waals surface area (Å²) < 4.78 is 10.1. The Hall–Kier alpha value is -3.34. The molecule has 156 valence electrons. The van der Waals surface area contributed by atoms with Gasteiger partial charge in [0.25, 0.3) is 0 Å². The number of carbonyl (C=O) groups excluding carboxylic acids is 2. The summed E-state index contributed by atoms with van der Waals surface area (Å²) in [5.74, 6) is -1.46. The van der Waals surface area contributed by atoms with Gasteiger partial charge in [-0.3, -0.25) is 0 Å². The van der Waals surface area contributed by atoms with Crippen LogP contribution in [0.15, 0.2) is 84.2 Å². The van der Waals surface area contributed by atoms with Crippen LogP contribution in [0.2, 0.25) is 0 Å². The van der Waals surface area contributed by atoms with Gasteiger partial charge in [-0.05, 0) is 30.9 Å². The van der Waals surface area contributed by atoms with E-state index in [1.54, 1.807) is 12.4 Å². The molecule has 0 aliphatic carbocycles. The highest BCUT2D eigenvalue weighted by Crippen LogP contribution is 2.37. The molecule has 1 aliphatic heterocycles. The second-order valence-corrected chi connectivity index (χ2v) is 7.32. The number of aryl methyl sites for hydroxylation is 1. The average molecular weight is 405 g/mol. The minimum Gasteiger partial charge on any atom is -0.466 e. The standard InChI is InChI=1S/C25H27NO4/c1-18(14-15-19-10-6-4-7-11-19)26-16-21(24(27)29-2)23(20-12-8-5-9-13-20)22(17-26)25(28)30-3/h4-13,16-18,23H,14-15H2,1-3H3/t18-/m0/s1. The molecule has 0 radical (unpaired) electrons. The smallest absolute Gasteiger partial charge is 0.336 e. The Bertz CT molecular complexity index is 900. The molecule has 0 saturated heterocycles. The van der Waals surface area contributed by atoms with E-state index in [0.717, 1.165) is 18.4 Å². The zero-order valence-corrected chi connectivity index (χ0v) is 17.6. The van der Waals surface area contributed by atoms with Crippen molar-refractivity contribution in [3.63, 3.8) is 0 Å². The van der Waals surface area contributed by atoms with Gasteiger partial charge in [-0.25, -0.2) is 9.59 Å². The first-order valence-electron chi connectivity index (χ1n) is 10.0. The molecule has 0 amide bonds.